The van der Waals surface area contributed by atoms with Gasteiger partial charge in [-0.2, -0.15) is 0 Å². The maximum atomic E-state index is 6.99. The van der Waals surface area contributed by atoms with Gasteiger partial charge in [0, 0.05) is 16.9 Å². The lowest BCUT2D eigenvalue weighted by atomic mass is 9.72. The highest BCUT2D eigenvalue weighted by Gasteiger charge is 2.30. The molecule has 2 saturated carbocycles. The maximum Gasteiger partial charge on any atom is 0.0405 e. The summed E-state index contributed by atoms with van der Waals surface area (Å²) in [6, 6.07) is 0. The highest BCUT2D eigenvalue weighted by atomic mass is 14.7. The molecule has 0 aliphatic heterocycles. The molecular formula is C26H44N2. The largest absolute Gasteiger partial charge is 0.398 e. The highest BCUT2D eigenvalue weighted by Crippen LogP contribution is 2.48. The molecule has 0 radical (unpaired) electrons. The second-order valence-electron chi connectivity index (χ2n) is 10.5. The van der Waals surface area contributed by atoms with E-state index in [9.17, 15) is 0 Å². The monoisotopic (exact) mass is 384 g/mol. The molecule has 0 spiro atoms. The Kier molecular flexibility index (Phi) is 7.34. The fourth-order valence-corrected chi connectivity index (χ4v) is 5.91. The van der Waals surface area contributed by atoms with Crippen molar-refractivity contribution in [3.63, 3.8) is 0 Å². The van der Waals surface area contributed by atoms with Crippen LogP contribution in [0.15, 0.2) is 0 Å². The number of benzene rings is 1. The first-order valence-corrected chi connectivity index (χ1v) is 12.1. The molecule has 0 saturated heterocycles. The van der Waals surface area contributed by atoms with Crippen LogP contribution in [0, 0.1) is 11.8 Å². The van der Waals surface area contributed by atoms with Gasteiger partial charge < -0.3 is 11.5 Å². The van der Waals surface area contributed by atoms with Crippen LogP contribution in [0.2, 0.25) is 0 Å². The number of nitrogen functional groups attached to an aromatic ring is 2. The summed E-state index contributed by atoms with van der Waals surface area (Å²) >= 11 is 0. The van der Waals surface area contributed by atoms with Crippen LogP contribution in [0.25, 0.3) is 0 Å². The van der Waals surface area contributed by atoms with E-state index in [4.69, 9.17) is 11.5 Å². The lowest BCUT2D eigenvalue weighted by Crippen LogP contribution is -2.21. The molecule has 3 rings (SSSR count). The average Bonchev–Trinajstić information content (AvgIpc) is 2.67. The van der Waals surface area contributed by atoms with Crippen molar-refractivity contribution in [2.45, 2.75) is 117 Å². The highest BCUT2D eigenvalue weighted by molar-refractivity contribution is 5.74. The summed E-state index contributed by atoms with van der Waals surface area (Å²) in [7, 11) is 0. The van der Waals surface area contributed by atoms with Crippen molar-refractivity contribution < 1.29 is 0 Å². The Morgan fingerprint density at radius 2 is 0.964 bits per heavy atom. The molecule has 2 fully saturated rings. The number of rotatable bonds is 6. The van der Waals surface area contributed by atoms with Gasteiger partial charge >= 0.3 is 0 Å². The van der Waals surface area contributed by atoms with E-state index in [-0.39, 0.29) is 0 Å². The van der Waals surface area contributed by atoms with Gasteiger partial charge in [0.15, 0.2) is 0 Å². The van der Waals surface area contributed by atoms with Crippen molar-refractivity contribution in [3.8, 4) is 0 Å². The second-order valence-corrected chi connectivity index (χ2v) is 10.5. The third kappa shape index (κ3) is 4.69. The third-order valence-electron chi connectivity index (χ3n) is 7.13. The molecule has 2 aliphatic carbocycles. The minimum absolute atomic E-state index is 0.575. The number of anilines is 2. The minimum Gasteiger partial charge on any atom is -0.398 e. The molecule has 0 amide bonds. The van der Waals surface area contributed by atoms with E-state index >= 15 is 0 Å². The van der Waals surface area contributed by atoms with E-state index in [1.807, 2.05) is 0 Å². The zero-order valence-corrected chi connectivity index (χ0v) is 18.9. The van der Waals surface area contributed by atoms with E-state index in [1.165, 1.54) is 80.9 Å². The molecule has 0 heterocycles. The Bertz CT molecular complexity index is 610. The van der Waals surface area contributed by atoms with E-state index in [0.29, 0.717) is 23.7 Å². The lowest BCUT2D eigenvalue weighted by molar-refractivity contribution is 0.433. The Labute approximate surface area is 173 Å². The lowest BCUT2D eigenvalue weighted by Gasteiger charge is -2.34. The average molecular weight is 385 g/mol. The number of nitrogens with two attached hydrogens (primary N) is 2. The molecule has 2 nitrogen and oxygen atoms in total. The van der Waals surface area contributed by atoms with Crippen LogP contribution in [-0.4, -0.2) is 0 Å². The predicted octanol–water partition coefficient (Wildman–Crippen LogP) is 7.34. The van der Waals surface area contributed by atoms with E-state index in [0.717, 1.165) is 24.2 Å². The Hall–Kier alpha value is -1.18. The van der Waals surface area contributed by atoms with Gasteiger partial charge in [-0.15, -0.1) is 0 Å². The SMILES string of the molecule is CC(C)Cc1c(N)c(C2CCCCC2)c(N)c(CC(C)C)c1C1CCCCC1. The fraction of sp³-hybridized carbons (Fsp3) is 0.769. The Morgan fingerprint density at radius 3 is 1.32 bits per heavy atom. The Morgan fingerprint density at radius 1 is 0.607 bits per heavy atom. The summed E-state index contributed by atoms with van der Waals surface area (Å²) in [6.45, 7) is 9.34. The van der Waals surface area contributed by atoms with Gasteiger partial charge in [0.05, 0.1) is 0 Å². The first kappa shape index (κ1) is 21.5. The first-order chi connectivity index (χ1) is 13.4. The topological polar surface area (TPSA) is 52.0 Å². The number of hydrogen-bond donors (Lipinski definition) is 2. The van der Waals surface area contributed by atoms with Crippen molar-refractivity contribution in [3.05, 3.63) is 22.3 Å². The zero-order chi connectivity index (χ0) is 20.3. The molecule has 0 aromatic heterocycles. The van der Waals surface area contributed by atoms with Crippen LogP contribution < -0.4 is 11.5 Å². The van der Waals surface area contributed by atoms with Crippen molar-refractivity contribution >= 4 is 11.4 Å². The molecule has 4 N–H and O–H groups in total. The molecule has 0 unspecified atom stereocenters. The van der Waals surface area contributed by atoms with Crippen LogP contribution in [-0.2, 0) is 12.8 Å². The summed E-state index contributed by atoms with van der Waals surface area (Å²) < 4.78 is 0. The molecule has 158 valence electrons. The molecule has 2 aliphatic rings. The van der Waals surface area contributed by atoms with Gasteiger partial charge in [-0.25, -0.2) is 0 Å². The molecule has 2 heteroatoms. The predicted molar refractivity (Wildman–Crippen MR) is 124 cm³/mol. The fourth-order valence-electron chi connectivity index (χ4n) is 5.91. The van der Waals surface area contributed by atoms with Crippen LogP contribution in [0.3, 0.4) is 0 Å². The normalized spacial score (nSPS) is 19.6. The molecule has 0 atom stereocenters. The zero-order valence-electron chi connectivity index (χ0n) is 18.9. The Balaban J connectivity index is 2.19. The van der Waals surface area contributed by atoms with Gasteiger partial charge in [0.25, 0.3) is 0 Å². The summed E-state index contributed by atoms with van der Waals surface area (Å²) in [6.07, 6.45) is 15.5. The molecule has 0 bridgehead atoms. The smallest absolute Gasteiger partial charge is 0.0405 e. The number of hydrogen-bond acceptors (Lipinski definition) is 2. The summed E-state index contributed by atoms with van der Waals surface area (Å²) in [4.78, 5) is 0. The van der Waals surface area contributed by atoms with Crippen molar-refractivity contribution in [2.24, 2.45) is 11.8 Å². The van der Waals surface area contributed by atoms with Gasteiger partial charge in [-0.1, -0.05) is 66.2 Å². The van der Waals surface area contributed by atoms with E-state index < -0.39 is 0 Å². The minimum atomic E-state index is 0.575. The van der Waals surface area contributed by atoms with Crippen LogP contribution in [0.1, 0.15) is 126 Å². The molecule has 28 heavy (non-hydrogen) atoms. The summed E-state index contributed by atoms with van der Waals surface area (Å²) in [5.74, 6) is 2.49. The van der Waals surface area contributed by atoms with Gasteiger partial charge in [0.1, 0.15) is 0 Å². The standard InChI is InChI=1S/C26H44N2/c1-17(2)15-21-23(19-11-7-5-8-12-19)22(16-18(3)4)26(28)24(25(21)27)20-13-9-6-10-14-20/h17-20H,5-16,27-28H2,1-4H3. The van der Waals surface area contributed by atoms with Crippen LogP contribution in [0.4, 0.5) is 11.4 Å². The van der Waals surface area contributed by atoms with Crippen molar-refractivity contribution in [1.29, 1.82) is 0 Å². The third-order valence-corrected chi connectivity index (χ3v) is 7.13. The second kappa shape index (κ2) is 9.55. The van der Waals surface area contributed by atoms with Crippen LogP contribution >= 0.6 is 0 Å². The van der Waals surface area contributed by atoms with E-state index in [2.05, 4.69) is 27.7 Å². The first-order valence-electron chi connectivity index (χ1n) is 12.1. The molecule has 1 aromatic rings. The molecule has 1 aromatic carbocycles. The van der Waals surface area contributed by atoms with Gasteiger partial charge in [-0.05, 0) is 78.9 Å². The van der Waals surface area contributed by atoms with Crippen LogP contribution in [0.5, 0.6) is 0 Å². The summed E-state index contributed by atoms with van der Waals surface area (Å²) in [5, 5.41) is 0. The van der Waals surface area contributed by atoms with Crippen molar-refractivity contribution in [1.82, 2.24) is 0 Å². The maximum absolute atomic E-state index is 6.99. The van der Waals surface area contributed by atoms with Gasteiger partial charge in [0.2, 0.25) is 0 Å². The van der Waals surface area contributed by atoms with Gasteiger partial charge in [-0.3, -0.25) is 0 Å². The van der Waals surface area contributed by atoms with E-state index in [1.54, 1.807) is 5.56 Å². The quantitative estimate of drug-likeness (QED) is 0.504. The van der Waals surface area contributed by atoms with Crippen molar-refractivity contribution in [2.75, 3.05) is 11.5 Å². The molecular weight excluding hydrogens is 340 g/mol. The summed E-state index contributed by atoms with van der Waals surface area (Å²) in [5.41, 5.74) is 22.0.